The SMILES string of the molecule is CN(CCCCc1ccccc1)C(=O)C(C)(N)c1ccccc1. The van der Waals surface area contributed by atoms with Crippen LogP contribution in [0.5, 0.6) is 0 Å². The fraction of sp³-hybridized carbons (Fsp3) is 0.350. The minimum absolute atomic E-state index is 0.0385. The lowest BCUT2D eigenvalue weighted by Crippen LogP contribution is -2.49. The first-order chi connectivity index (χ1) is 11.0. The van der Waals surface area contributed by atoms with E-state index in [-0.39, 0.29) is 5.91 Å². The van der Waals surface area contributed by atoms with Crippen molar-refractivity contribution in [2.24, 2.45) is 5.73 Å². The van der Waals surface area contributed by atoms with Gasteiger partial charge in [0.05, 0.1) is 0 Å². The van der Waals surface area contributed by atoms with Crippen molar-refractivity contribution >= 4 is 5.91 Å². The number of carbonyl (C=O) groups is 1. The molecule has 2 N–H and O–H groups in total. The fourth-order valence-corrected chi connectivity index (χ4v) is 2.73. The maximum absolute atomic E-state index is 12.6. The second-order valence-electron chi connectivity index (χ2n) is 6.24. The van der Waals surface area contributed by atoms with Crippen molar-refractivity contribution in [2.75, 3.05) is 13.6 Å². The summed E-state index contributed by atoms with van der Waals surface area (Å²) in [6.45, 7) is 2.51. The predicted molar refractivity (Wildman–Crippen MR) is 95.0 cm³/mol. The third-order valence-corrected chi connectivity index (χ3v) is 4.22. The lowest BCUT2D eigenvalue weighted by Gasteiger charge is -2.29. The molecule has 0 spiro atoms. The van der Waals surface area contributed by atoms with E-state index in [9.17, 15) is 4.79 Å². The molecule has 0 heterocycles. The number of carbonyl (C=O) groups excluding carboxylic acids is 1. The Morgan fingerprint density at radius 3 is 2.17 bits per heavy atom. The highest BCUT2D eigenvalue weighted by atomic mass is 16.2. The molecule has 0 aliphatic rings. The van der Waals surface area contributed by atoms with Crippen LogP contribution >= 0.6 is 0 Å². The van der Waals surface area contributed by atoms with Crippen molar-refractivity contribution in [3.05, 3.63) is 71.8 Å². The van der Waals surface area contributed by atoms with Crippen LogP contribution in [0.3, 0.4) is 0 Å². The fourth-order valence-electron chi connectivity index (χ4n) is 2.73. The molecular weight excluding hydrogens is 284 g/mol. The monoisotopic (exact) mass is 310 g/mol. The molecule has 0 aliphatic heterocycles. The molecular formula is C20H26N2O. The Morgan fingerprint density at radius 2 is 1.57 bits per heavy atom. The van der Waals surface area contributed by atoms with Gasteiger partial charge in [0, 0.05) is 13.6 Å². The van der Waals surface area contributed by atoms with Crippen molar-refractivity contribution in [1.29, 1.82) is 0 Å². The highest BCUT2D eigenvalue weighted by molar-refractivity contribution is 5.86. The third-order valence-electron chi connectivity index (χ3n) is 4.22. The molecule has 0 aromatic heterocycles. The van der Waals surface area contributed by atoms with Gasteiger partial charge in [0.15, 0.2) is 0 Å². The molecule has 2 rings (SSSR count). The van der Waals surface area contributed by atoms with Gasteiger partial charge in [0.25, 0.3) is 0 Å². The lowest BCUT2D eigenvalue weighted by molar-refractivity contribution is -0.135. The first-order valence-corrected chi connectivity index (χ1v) is 8.15. The molecule has 0 radical (unpaired) electrons. The average Bonchev–Trinajstić information content (AvgIpc) is 2.59. The number of hydrogen-bond donors (Lipinski definition) is 1. The Kier molecular flexibility index (Phi) is 5.94. The maximum atomic E-state index is 12.6. The molecule has 0 aliphatic carbocycles. The van der Waals surface area contributed by atoms with Crippen LogP contribution in [0, 0.1) is 0 Å². The molecule has 2 aromatic rings. The second kappa shape index (κ2) is 7.93. The number of rotatable bonds is 7. The number of unbranched alkanes of at least 4 members (excludes halogenated alkanes) is 1. The number of aryl methyl sites for hydroxylation is 1. The summed E-state index contributed by atoms with van der Waals surface area (Å²) in [6.07, 6.45) is 3.08. The minimum Gasteiger partial charge on any atom is -0.344 e. The number of likely N-dealkylation sites (N-methyl/N-ethyl adjacent to an activating group) is 1. The molecule has 3 nitrogen and oxygen atoms in total. The quantitative estimate of drug-likeness (QED) is 0.797. The van der Waals surface area contributed by atoms with Crippen LogP contribution in [0.4, 0.5) is 0 Å². The summed E-state index contributed by atoms with van der Waals surface area (Å²) in [6, 6.07) is 20.0. The topological polar surface area (TPSA) is 46.3 Å². The van der Waals surface area contributed by atoms with Crippen molar-refractivity contribution in [3.63, 3.8) is 0 Å². The largest absolute Gasteiger partial charge is 0.344 e. The van der Waals surface area contributed by atoms with Crippen LogP contribution in [0.25, 0.3) is 0 Å². The Bertz CT molecular complexity index is 608. The van der Waals surface area contributed by atoms with Crippen molar-refractivity contribution < 1.29 is 4.79 Å². The zero-order chi connectivity index (χ0) is 16.7. The molecule has 3 heteroatoms. The highest BCUT2D eigenvalue weighted by Gasteiger charge is 2.32. The van der Waals surface area contributed by atoms with E-state index in [1.54, 1.807) is 11.8 Å². The van der Waals surface area contributed by atoms with Gasteiger partial charge < -0.3 is 10.6 Å². The molecule has 23 heavy (non-hydrogen) atoms. The zero-order valence-electron chi connectivity index (χ0n) is 14.0. The zero-order valence-corrected chi connectivity index (χ0v) is 14.0. The number of amides is 1. The summed E-state index contributed by atoms with van der Waals surface area (Å²) < 4.78 is 0. The summed E-state index contributed by atoms with van der Waals surface area (Å²) in [4.78, 5) is 14.4. The van der Waals surface area contributed by atoms with Gasteiger partial charge in [-0.1, -0.05) is 60.7 Å². The molecule has 0 fully saturated rings. The number of benzene rings is 2. The molecule has 0 saturated carbocycles. The predicted octanol–water partition coefficient (Wildman–Crippen LogP) is 3.34. The Hall–Kier alpha value is -2.13. The summed E-state index contributed by atoms with van der Waals surface area (Å²) in [5.41, 5.74) is 7.50. The highest BCUT2D eigenvalue weighted by Crippen LogP contribution is 2.20. The molecule has 0 saturated heterocycles. The van der Waals surface area contributed by atoms with Crippen LogP contribution in [-0.2, 0) is 16.8 Å². The van der Waals surface area contributed by atoms with E-state index in [4.69, 9.17) is 5.73 Å². The molecule has 1 unspecified atom stereocenters. The lowest BCUT2D eigenvalue weighted by atomic mass is 9.91. The molecule has 2 aromatic carbocycles. The van der Waals surface area contributed by atoms with Crippen LogP contribution in [0.2, 0.25) is 0 Å². The Morgan fingerprint density at radius 1 is 1.00 bits per heavy atom. The first-order valence-electron chi connectivity index (χ1n) is 8.15. The summed E-state index contributed by atoms with van der Waals surface area (Å²) in [7, 11) is 1.83. The summed E-state index contributed by atoms with van der Waals surface area (Å²) >= 11 is 0. The van der Waals surface area contributed by atoms with Gasteiger partial charge in [0.2, 0.25) is 5.91 Å². The average molecular weight is 310 g/mol. The first kappa shape index (κ1) is 17.2. The van der Waals surface area contributed by atoms with E-state index in [1.807, 2.05) is 43.4 Å². The Balaban J connectivity index is 1.83. The van der Waals surface area contributed by atoms with Crippen molar-refractivity contribution in [1.82, 2.24) is 4.90 Å². The third kappa shape index (κ3) is 4.67. The van der Waals surface area contributed by atoms with Gasteiger partial charge in [-0.25, -0.2) is 0 Å². The van der Waals surface area contributed by atoms with Gasteiger partial charge in [0.1, 0.15) is 5.54 Å². The van der Waals surface area contributed by atoms with Crippen LogP contribution in [0.1, 0.15) is 30.9 Å². The van der Waals surface area contributed by atoms with E-state index in [0.29, 0.717) is 0 Å². The van der Waals surface area contributed by atoms with Gasteiger partial charge in [-0.3, -0.25) is 4.79 Å². The van der Waals surface area contributed by atoms with Gasteiger partial charge in [-0.05, 0) is 37.3 Å². The van der Waals surface area contributed by atoms with E-state index >= 15 is 0 Å². The minimum atomic E-state index is -0.977. The molecule has 1 atom stereocenters. The smallest absolute Gasteiger partial charge is 0.246 e. The van der Waals surface area contributed by atoms with E-state index in [0.717, 1.165) is 31.4 Å². The number of nitrogens with zero attached hydrogens (tertiary/aromatic N) is 1. The molecule has 0 bridgehead atoms. The maximum Gasteiger partial charge on any atom is 0.246 e. The van der Waals surface area contributed by atoms with Crippen molar-refractivity contribution in [3.8, 4) is 0 Å². The van der Waals surface area contributed by atoms with Crippen molar-refractivity contribution in [2.45, 2.75) is 31.7 Å². The van der Waals surface area contributed by atoms with Crippen LogP contribution < -0.4 is 5.73 Å². The van der Waals surface area contributed by atoms with Crippen LogP contribution in [0.15, 0.2) is 60.7 Å². The standard InChI is InChI=1S/C20H26N2O/c1-20(21,18-14-7-4-8-15-18)19(23)22(2)16-10-9-13-17-11-5-3-6-12-17/h3-8,11-12,14-15H,9-10,13,16,21H2,1-2H3. The van der Waals surface area contributed by atoms with E-state index in [1.165, 1.54) is 5.56 Å². The second-order valence-corrected chi connectivity index (χ2v) is 6.24. The number of nitrogens with two attached hydrogens (primary N) is 1. The summed E-state index contributed by atoms with van der Waals surface area (Å²) in [5.74, 6) is -0.0385. The van der Waals surface area contributed by atoms with Crippen LogP contribution in [-0.4, -0.2) is 24.4 Å². The summed E-state index contributed by atoms with van der Waals surface area (Å²) in [5, 5.41) is 0. The molecule has 122 valence electrons. The molecule has 1 amide bonds. The van der Waals surface area contributed by atoms with Gasteiger partial charge in [-0.15, -0.1) is 0 Å². The number of hydrogen-bond acceptors (Lipinski definition) is 2. The van der Waals surface area contributed by atoms with E-state index in [2.05, 4.69) is 24.3 Å². The Labute approximate surface area is 139 Å². The van der Waals surface area contributed by atoms with Gasteiger partial charge in [-0.2, -0.15) is 0 Å². The van der Waals surface area contributed by atoms with E-state index < -0.39 is 5.54 Å². The van der Waals surface area contributed by atoms with Gasteiger partial charge >= 0.3 is 0 Å². The normalized spacial score (nSPS) is 13.3.